The summed E-state index contributed by atoms with van der Waals surface area (Å²) >= 11 is 1.54. The molecule has 1 aliphatic carbocycles. The second kappa shape index (κ2) is 11.0. The molecule has 0 unspecified atom stereocenters. The molecular weight excluding hydrogens is 404 g/mol. The minimum atomic E-state index is 0.451. The Morgan fingerprint density at radius 1 is 1.13 bits per heavy atom. The molecule has 1 saturated carbocycles. The van der Waals surface area contributed by atoms with E-state index in [2.05, 4.69) is 25.6 Å². The van der Waals surface area contributed by atoms with Crippen LogP contribution in [-0.2, 0) is 11.4 Å². The van der Waals surface area contributed by atoms with Gasteiger partial charge in [-0.1, -0.05) is 23.4 Å². The lowest BCUT2D eigenvalue weighted by molar-refractivity contribution is -0.679. The van der Waals surface area contributed by atoms with E-state index < -0.39 is 0 Å². The molecule has 1 heterocycles. The quantitative estimate of drug-likeness (QED) is 0.414. The van der Waals surface area contributed by atoms with Crippen LogP contribution in [0.5, 0.6) is 11.5 Å². The molecule has 0 spiro atoms. The van der Waals surface area contributed by atoms with Gasteiger partial charge in [-0.25, -0.2) is 10.7 Å². The predicted molar refractivity (Wildman–Crippen MR) is 114 cm³/mol. The van der Waals surface area contributed by atoms with Crippen LogP contribution in [0.2, 0.25) is 0 Å². The van der Waals surface area contributed by atoms with Crippen molar-refractivity contribution in [3.05, 3.63) is 53.9 Å². The summed E-state index contributed by atoms with van der Waals surface area (Å²) in [5.41, 5.74) is 2.02. The van der Waals surface area contributed by atoms with Crippen LogP contribution in [0.4, 0.5) is 0 Å². The fourth-order valence-corrected chi connectivity index (χ4v) is 3.57. The maximum atomic E-state index is 5.45. The zero-order valence-corrected chi connectivity index (χ0v) is 18.2. The average Bonchev–Trinajstić information content (AvgIpc) is 3.51. The maximum absolute atomic E-state index is 5.45. The molecule has 1 aromatic heterocycles. The number of hydrogen-bond donors (Lipinski definition) is 2. The molecule has 30 heavy (non-hydrogen) atoms. The number of methoxy groups -OCH3 is 2. The zero-order chi connectivity index (χ0) is 21.3. The van der Waals surface area contributed by atoms with Gasteiger partial charge in [0.2, 0.25) is 11.7 Å². The number of benzene rings is 2. The van der Waals surface area contributed by atoms with Gasteiger partial charge in [0.15, 0.2) is 0 Å². The first-order chi connectivity index (χ1) is 14.7. The van der Waals surface area contributed by atoms with Crippen LogP contribution in [0.1, 0.15) is 30.2 Å². The third kappa shape index (κ3) is 5.73. The van der Waals surface area contributed by atoms with Crippen LogP contribution < -0.4 is 20.1 Å². The van der Waals surface area contributed by atoms with E-state index in [0.29, 0.717) is 18.3 Å². The van der Waals surface area contributed by atoms with E-state index in [0.717, 1.165) is 46.3 Å². The van der Waals surface area contributed by atoms with E-state index in [4.69, 9.17) is 14.0 Å². The van der Waals surface area contributed by atoms with Gasteiger partial charge in [-0.15, -0.1) is 0 Å². The summed E-state index contributed by atoms with van der Waals surface area (Å²) < 4.78 is 19.5. The van der Waals surface area contributed by atoms with Gasteiger partial charge in [0.1, 0.15) is 11.5 Å². The fraction of sp³-hybridized carbons (Fsp3) is 0.333. The molecule has 8 nitrogen and oxygen atoms in total. The van der Waals surface area contributed by atoms with Crippen LogP contribution in [0, 0.1) is 0 Å². The van der Waals surface area contributed by atoms with Gasteiger partial charge in [-0.2, -0.15) is 4.98 Å². The Bertz CT molecular complexity index is 946. The second-order valence-corrected chi connectivity index (χ2v) is 7.55. The molecule has 1 fully saturated rings. The van der Waals surface area contributed by atoms with Crippen molar-refractivity contribution in [2.24, 2.45) is 0 Å². The monoisotopic (exact) mass is 431 g/mol. The Morgan fingerprint density at radius 2 is 1.90 bits per heavy atom. The molecule has 160 valence electrons. The average molecular weight is 432 g/mol. The van der Waals surface area contributed by atoms with Crippen molar-refractivity contribution >= 4 is 11.9 Å². The van der Waals surface area contributed by atoms with Crippen molar-refractivity contribution in [2.45, 2.75) is 30.2 Å². The lowest BCUT2D eigenvalue weighted by atomic mass is 10.2. The van der Waals surface area contributed by atoms with Crippen LogP contribution in [-0.4, -0.2) is 31.5 Å². The number of ether oxygens (including phenoxy) is 2. The lowest BCUT2D eigenvalue weighted by Gasteiger charge is -2.11. The van der Waals surface area contributed by atoms with Gasteiger partial charge < -0.3 is 14.0 Å². The van der Waals surface area contributed by atoms with Crippen molar-refractivity contribution in [1.29, 1.82) is 0 Å². The minimum Gasteiger partial charge on any atom is -0.497 e. The summed E-state index contributed by atoms with van der Waals surface area (Å²) in [6, 6.07) is 13.9. The number of nitrogens with zero attached hydrogens (tertiary/aromatic N) is 2. The lowest BCUT2D eigenvalue weighted by Crippen LogP contribution is -2.46. The van der Waals surface area contributed by atoms with Crippen molar-refractivity contribution in [3.63, 3.8) is 0 Å². The summed E-state index contributed by atoms with van der Waals surface area (Å²) in [6.07, 6.45) is 2.28. The summed E-state index contributed by atoms with van der Waals surface area (Å²) in [5, 5.41) is 4.16. The first-order valence-corrected chi connectivity index (χ1v) is 10.3. The molecule has 0 aliphatic heterocycles. The molecule has 3 aromatic rings. The van der Waals surface area contributed by atoms with E-state index in [9.17, 15) is 0 Å². The highest BCUT2D eigenvalue weighted by Crippen LogP contribution is 2.40. The van der Waals surface area contributed by atoms with Gasteiger partial charge in [0.25, 0.3) is 0 Å². The molecule has 0 bridgehead atoms. The Morgan fingerprint density at radius 3 is 2.60 bits per heavy atom. The molecule has 4 rings (SSSR count). The van der Waals surface area contributed by atoms with Crippen LogP contribution >= 0.6 is 11.9 Å². The Hall–Kier alpha value is -2.59. The van der Waals surface area contributed by atoms with E-state index in [1.165, 1.54) is 7.11 Å². The number of quaternary nitrogens is 1. The smallest absolute Gasteiger partial charge is 0.230 e. The first-order valence-electron chi connectivity index (χ1n) is 9.52. The Kier molecular flexibility index (Phi) is 8.09. The van der Waals surface area contributed by atoms with Crippen molar-refractivity contribution in [1.82, 2.24) is 14.9 Å². The topological polar surface area (TPSA) is 106 Å². The Labute approximate surface area is 180 Å². The molecule has 0 amide bonds. The molecule has 2 aromatic carbocycles. The van der Waals surface area contributed by atoms with Crippen LogP contribution in [0.3, 0.4) is 0 Å². The van der Waals surface area contributed by atoms with Gasteiger partial charge >= 0.3 is 0 Å². The van der Waals surface area contributed by atoms with Crippen molar-refractivity contribution in [2.75, 3.05) is 21.3 Å². The van der Waals surface area contributed by atoms with E-state index in [-0.39, 0.29) is 0 Å². The van der Waals surface area contributed by atoms with Gasteiger partial charge in [-0.05, 0) is 43.0 Å². The Balaban J connectivity index is 0.000000806. The largest absolute Gasteiger partial charge is 0.497 e. The number of hydrogen-bond acceptors (Lipinski definition) is 8. The normalized spacial score (nSPS) is 12.8. The van der Waals surface area contributed by atoms with Gasteiger partial charge in [0, 0.05) is 34.6 Å². The number of nitrogens with one attached hydrogen (secondary N) is 1. The molecule has 4 N–H and O–H groups in total. The predicted octanol–water partition coefficient (Wildman–Crippen LogP) is 3.22. The van der Waals surface area contributed by atoms with Crippen molar-refractivity contribution in [3.8, 4) is 22.9 Å². The van der Waals surface area contributed by atoms with E-state index in [1.54, 1.807) is 26.2 Å². The second-order valence-electron chi connectivity index (χ2n) is 6.62. The van der Waals surface area contributed by atoms with Crippen LogP contribution in [0.25, 0.3) is 11.4 Å². The molecule has 1 aliphatic rings. The van der Waals surface area contributed by atoms with E-state index >= 15 is 0 Å². The van der Waals surface area contributed by atoms with Gasteiger partial charge in [0.05, 0.1) is 21.3 Å². The fourth-order valence-electron chi connectivity index (χ4n) is 2.77. The molecular formula is C21H27N4O4S+. The highest BCUT2D eigenvalue weighted by atomic mass is 32.2. The molecule has 9 heteroatoms. The SMILES string of the molecule is CO[NH3+].COc1ccc(CNSc2ccccc2-c2noc(C3CC3)n2)c(OC)c1. The third-order valence-corrected chi connectivity index (χ3v) is 5.30. The highest BCUT2D eigenvalue weighted by Gasteiger charge is 2.30. The third-order valence-electron chi connectivity index (χ3n) is 4.44. The first kappa shape index (κ1) is 22.1. The number of aromatic nitrogens is 2. The zero-order valence-electron chi connectivity index (χ0n) is 17.4. The highest BCUT2D eigenvalue weighted by molar-refractivity contribution is 7.97. The van der Waals surface area contributed by atoms with Gasteiger partial charge in [-0.3, -0.25) is 4.72 Å². The molecule has 0 saturated heterocycles. The summed E-state index contributed by atoms with van der Waals surface area (Å²) in [6.45, 7) is 0.645. The standard InChI is InChI=1S/C20H21N3O3S.CH6NO/c1-24-15-10-9-14(17(11-15)25-2)12-21-27-18-6-4-3-5-16(18)19-22-20(26-23-19)13-7-8-13;1-3-2/h3-6,9-11,13,21H,7-8,12H2,1-2H3;1-2H3/q;+1. The summed E-state index contributed by atoms with van der Waals surface area (Å²) in [7, 11) is 4.82. The maximum Gasteiger partial charge on any atom is 0.230 e. The summed E-state index contributed by atoms with van der Waals surface area (Å²) in [4.78, 5) is 9.61. The molecule has 0 atom stereocenters. The van der Waals surface area contributed by atoms with Crippen molar-refractivity contribution < 1.29 is 24.7 Å². The minimum absolute atomic E-state index is 0.451. The van der Waals surface area contributed by atoms with Crippen LogP contribution in [0.15, 0.2) is 51.9 Å². The summed E-state index contributed by atoms with van der Waals surface area (Å²) in [5.74, 6) is 6.40. The van der Waals surface area contributed by atoms with E-state index in [1.807, 2.05) is 42.5 Å². The number of rotatable bonds is 8. The molecule has 0 radical (unpaired) electrons.